The molecule has 0 rings (SSSR count). The quantitative estimate of drug-likeness (QED) is 0.430. The van der Waals surface area contributed by atoms with Crippen molar-refractivity contribution in [3.8, 4) is 0 Å². The van der Waals surface area contributed by atoms with Crippen LogP contribution in [-0.2, 0) is 9.30 Å². The zero-order valence-corrected chi connectivity index (χ0v) is 8.47. The highest BCUT2D eigenvalue weighted by molar-refractivity contribution is 7.55. The van der Waals surface area contributed by atoms with Crippen molar-refractivity contribution in [3.05, 3.63) is 12.1 Å². The lowest BCUT2D eigenvalue weighted by molar-refractivity contribution is 0.252. The third kappa shape index (κ3) is 8.37. The normalized spacial score (nSPS) is 15.0. The van der Waals surface area contributed by atoms with Gasteiger partial charge in [0.05, 0.1) is 17.5 Å². The Balaban J connectivity index is 3.56. The van der Waals surface area contributed by atoms with Crippen LogP contribution in [0.4, 0.5) is 0 Å². The molecule has 7 heteroatoms. The van der Waals surface area contributed by atoms with Gasteiger partial charge in [0.2, 0.25) is 0 Å². The third-order valence-corrected chi connectivity index (χ3v) is 2.12. The summed E-state index contributed by atoms with van der Waals surface area (Å²) in [5.41, 5.74) is 0. The summed E-state index contributed by atoms with van der Waals surface area (Å²) in [5.74, 6) is 0.885. The molecular weight excluding hydrogens is 226 g/mol. The first-order valence-corrected chi connectivity index (χ1v) is 5.65. The van der Waals surface area contributed by atoms with E-state index in [1.807, 2.05) is 0 Å². The molecule has 0 saturated carbocycles. The predicted molar refractivity (Wildman–Crippen MR) is 47.5 cm³/mol. The minimum Gasteiger partial charge on any atom is -0.499 e. The van der Waals surface area contributed by atoms with Gasteiger partial charge < -0.3 is 14.5 Å². The highest BCUT2D eigenvalue weighted by Gasteiger charge is 2.06. The molecule has 0 saturated heterocycles. The molecule has 0 heterocycles. The molecule has 0 radical (unpaired) electrons. The Morgan fingerprint density at radius 3 is 2.58 bits per heavy atom. The molecule has 2 N–H and O–H groups in total. The summed E-state index contributed by atoms with van der Waals surface area (Å²) >= 11 is 10.9. The first-order valence-electron chi connectivity index (χ1n) is 3.00. The molecule has 0 aromatic rings. The van der Waals surface area contributed by atoms with Gasteiger partial charge in [-0.05, 0) is 0 Å². The molecule has 1 atom stereocenters. The number of hydrogen-bond donors (Lipinski definition) is 2. The van der Waals surface area contributed by atoms with Gasteiger partial charge in [-0.25, -0.2) is 0 Å². The second kappa shape index (κ2) is 5.84. The highest BCUT2D eigenvalue weighted by Crippen LogP contribution is 2.35. The number of alkyl halides is 2. The first-order chi connectivity index (χ1) is 5.45. The van der Waals surface area contributed by atoms with Gasteiger partial charge in [-0.3, -0.25) is 4.57 Å². The van der Waals surface area contributed by atoms with Crippen LogP contribution < -0.4 is 0 Å². The predicted octanol–water partition coefficient (Wildman–Crippen LogP) is 1.50. The molecule has 0 aliphatic rings. The van der Waals surface area contributed by atoms with Gasteiger partial charge in [-0.1, -0.05) is 0 Å². The minimum atomic E-state index is -4.12. The molecule has 0 aliphatic heterocycles. The van der Waals surface area contributed by atoms with Gasteiger partial charge in [-0.2, -0.15) is 0 Å². The molecule has 0 fully saturated rings. The summed E-state index contributed by atoms with van der Waals surface area (Å²) in [6, 6.07) is 0. The Labute approximate surface area is 80.3 Å². The van der Waals surface area contributed by atoms with Crippen LogP contribution in [0.5, 0.6) is 0 Å². The maximum Gasteiger partial charge on any atom is 0.352 e. The molecule has 0 aliphatic carbocycles. The highest BCUT2D eigenvalue weighted by atomic mass is 35.5. The molecule has 0 spiro atoms. The summed E-state index contributed by atoms with van der Waals surface area (Å²) in [4.78, 5) is 16.7. The maximum absolute atomic E-state index is 10.2. The summed E-state index contributed by atoms with van der Waals surface area (Å²) in [6.07, 6.45) is 0.919. The van der Waals surface area contributed by atoms with Crippen LogP contribution in [0.25, 0.3) is 0 Å². The topological polar surface area (TPSA) is 66.8 Å². The lowest BCUT2D eigenvalue weighted by Gasteiger charge is -2.03. The van der Waals surface area contributed by atoms with E-state index in [0.717, 1.165) is 6.26 Å². The molecule has 12 heavy (non-hydrogen) atoms. The smallest absolute Gasteiger partial charge is 0.352 e. The Hall–Kier alpha value is 0.270. The van der Waals surface area contributed by atoms with Crippen molar-refractivity contribution in [3.63, 3.8) is 0 Å². The summed E-state index contributed by atoms with van der Waals surface area (Å²) in [7, 11) is -4.12. The van der Waals surface area contributed by atoms with Crippen molar-refractivity contribution in [1.82, 2.24) is 0 Å². The molecule has 72 valence electrons. The fourth-order valence-corrected chi connectivity index (χ4v) is 0.733. The van der Waals surface area contributed by atoms with Crippen LogP contribution in [0.2, 0.25) is 0 Å². The second-order valence-electron chi connectivity index (χ2n) is 1.96. The summed E-state index contributed by atoms with van der Waals surface area (Å²) < 4.78 is 14.9. The molecule has 0 aromatic heterocycles. The standard InChI is InChI=1S/C5H9Cl2O4P/c6-3-5(7)4-11-1-2-12(8,9)10/h1-2,5H,3-4H2,(H2,8,9,10). The molecule has 0 aromatic carbocycles. The van der Waals surface area contributed by atoms with Gasteiger partial charge in [0.15, 0.2) is 0 Å². The lowest BCUT2D eigenvalue weighted by atomic mass is 10.5. The third-order valence-electron chi connectivity index (χ3n) is 0.796. The van der Waals surface area contributed by atoms with Crippen LogP contribution in [0.15, 0.2) is 12.1 Å². The van der Waals surface area contributed by atoms with Crippen molar-refractivity contribution in [2.24, 2.45) is 0 Å². The van der Waals surface area contributed by atoms with E-state index in [0.29, 0.717) is 5.82 Å². The van der Waals surface area contributed by atoms with E-state index in [4.69, 9.17) is 33.0 Å². The number of rotatable bonds is 5. The average molecular weight is 235 g/mol. The number of halogens is 2. The van der Waals surface area contributed by atoms with E-state index in [2.05, 4.69) is 4.74 Å². The Bertz CT molecular complexity index is 190. The van der Waals surface area contributed by atoms with E-state index in [9.17, 15) is 4.57 Å². The van der Waals surface area contributed by atoms with Crippen LogP contribution in [0.1, 0.15) is 0 Å². The average Bonchev–Trinajstić information content (AvgIpc) is 1.96. The van der Waals surface area contributed by atoms with Crippen LogP contribution in [0.3, 0.4) is 0 Å². The van der Waals surface area contributed by atoms with Crippen molar-refractivity contribution < 1.29 is 19.1 Å². The van der Waals surface area contributed by atoms with Crippen molar-refractivity contribution in [2.45, 2.75) is 5.38 Å². The van der Waals surface area contributed by atoms with Gasteiger partial charge in [0.25, 0.3) is 0 Å². The van der Waals surface area contributed by atoms with Crippen molar-refractivity contribution in [2.75, 3.05) is 12.5 Å². The van der Waals surface area contributed by atoms with Crippen LogP contribution in [0, 0.1) is 0 Å². The maximum atomic E-state index is 10.2. The fraction of sp³-hybridized carbons (Fsp3) is 0.600. The molecule has 0 bridgehead atoms. The van der Waals surface area contributed by atoms with E-state index in [-0.39, 0.29) is 17.9 Å². The van der Waals surface area contributed by atoms with Crippen LogP contribution >= 0.6 is 30.8 Å². The summed E-state index contributed by atoms with van der Waals surface area (Å²) in [6.45, 7) is 0.127. The monoisotopic (exact) mass is 234 g/mol. The Kier molecular flexibility index (Phi) is 5.97. The van der Waals surface area contributed by atoms with E-state index >= 15 is 0 Å². The molecular formula is C5H9Cl2O4P. The SMILES string of the molecule is O=P(O)(O)C=COCC(Cl)CCl. The zero-order valence-electron chi connectivity index (χ0n) is 6.06. The second-order valence-corrected chi connectivity index (χ2v) is 4.36. The molecule has 4 nitrogen and oxygen atoms in total. The van der Waals surface area contributed by atoms with Crippen molar-refractivity contribution in [1.29, 1.82) is 0 Å². The minimum absolute atomic E-state index is 0.127. The fourth-order valence-electron chi connectivity index (χ4n) is 0.327. The Morgan fingerprint density at radius 1 is 1.58 bits per heavy atom. The van der Waals surface area contributed by atoms with Gasteiger partial charge >= 0.3 is 7.60 Å². The molecule has 0 amide bonds. The van der Waals surface area contributed by atoms with Crippen LogP contribution in [-0.4, -0.2) is 27.7 Å². The largest absolute Gasteiger partial charge is 0.499 e. The number of hydrogen-bond acceptors (Lipinski definition) is 2. The van der Waals surface area contributed by atoms with E-state index < -0.39 is 7.60 Å². The summed E-state index contributed by atoms with van der Waals surface area (Å²) in [5, 5.41) is -0.354. The molecule has 1 unspecified atom stereocenters. The van der Waals surface area contributed by atoms with E-state index in [1.54, 1.807) is 0 Å². The van der Waals surface area contributed by atoms with Crippen molar-refractivity contribution >= 4 is 30.8 Å². The van der Waals surface area contributed by atoms with Gasteiger partial charge in [0, 0.05) is 5.88 Å². The zero-order chi connectivity index (χ0) is 9.61. The van der Waals surface area contributed by atoms with Gasteiger partial charge in [-0.15, -0.1) is 23.2 Å². The number of ether oxygens (including phenoxy) is 1. The van der Waals surface area contributed by atoms with Gasteiger partial charge in [0.1, 0.15) is 6.61 Å². The Morgan fingerprint density at radius 2 is 2.17 bits per heavy atom. The van der Waals surface area contributed by atoms with E-state index in [1.165, 1.54) is 0 Å². The lowest BCUT2D eigenvalue weighted by Crippen LogP contribution is -2.07. The first kappa shape index (κ1) is 12.3.